The first-order chi connectivity index (χ1) is 14.9. The van der Waals surface area contributed by atoms with Crippen LogP contribution in [-0.4, -0.2) is 25.9 Å². The highest BCUT2D eigenvalue weighted by atomic mass is 19.1. The van der Waals surface area contributed by atoms with Crippen molar-refractivity contribution in [2.45, 2.75) is 6.92 Å². The molecular formula is C25H22FN3O2. The van der Waals surface area contributed by atoms with Gasteiger partial charge in [0.15, 0.2) is 0 Å². The molecule has 0 radical (unpaired) electrons. The SMILES string of the molecule is Cc1ccccc1N1C(=O)C(Nc2ccc(N(C)C)cc2)=C(c2ccc(F)cc2)C1=O. The number of nitrogens with one attached hydrogen (secondary N) is 1. The fraction of sp³-hybridized carbons (Fsp3) is 0.120. The Morgan fingerprint density at radius 1 is 0.839 bits per heavy atom. The van der Waals surface area contributed by atoms with Crippen LogP contribution in [0.5, 0.6) is 0 Å². The highest BCUT2D eigenvalue weighted by Crippen LogP contribution is 2.35. The van der Waals surface area contributed by atoms with Gasteiger partial charge < -0.3 is 10.2 Å². The molecular weight excluding hydrogens is 393 g/mol. The van der Waals surface area contributed by atoms with Gasteiger partial charge in [-0.25, -0.2) is 9.29 Å². The number of carbonyl (C=O) groups is 2. The van der Waals surface area contributed by atoms with E-state index in [1.54, 1.807) is 12.1 Å². The number of halogens is 1. The topological polar surface area (TPSA) is 52.7 Å². The molecule has 1 heterocycles. The number of nitrogens with zero attached hydrogens (tertiary/aromatic N) is 2. The molecule has 0 bridgehead atoms. The molecule has 156 valence electrons. The van der Waals surface area contributed by atoms with Crippen LogP contribution in [0.2, 0.25) is 0 Å². The standard InChI is InChI=1S/C25H22FN3O2/c1-16-6-4-5-7-21(16)29-24(30)22(17-8-10-18(26)11-9-17)23(25(29)31)27-19-12-14-20(15-13-19)28(2)3/h4-15,27H,1-3H3. The molecule has 1 N–H and O–H groups in total. The highest BCUT2D eigenvalue weighted by molar-refractivity contribution is 6.46. The van der Waals surface area contributed by atoms with Crippen LogP contribution in [0.25, 0.3) is 5.57 Å². The van der Waals surface area contributed by atoms with Gasteiger partial charge >= 0.3 is 0 Å². The molecule has 0 spiro atoms. The van der Waals surface area contributed by atoms with E-state index in [1.165, 1.54) is 29.2 Å². The summed E-state index contributed by atoms with van der Waals surface area (Å²) in [6.45, 7) is 1.85. The lowest BCUT2D eigenvalue weighted by molar-refractivity contribution is -0.120. The van der Waals surface area contributed by atoms with E-state index >= 15 is 0 Å². The number of hydrogen-bond donors (Lipinski definition) is 1. The Morgan fingerprint density at radius 3 is 2.10 bits per heavy atom. The number of imide groups is 1. The van der Waals surface area contributed by atoms with Crippen molar-refractivity contribution in [1.82, 2.24) is 0 Å². The smallest absolute Gasteiger partial charge is 0.282 e. The number of para-hydroxylation sites is 1. The molecule has 6 heteroatoms. The van der Waals surface area contributed by atoms with Gasteiger partial charge in [0.1, 0.15) is 11.5 Å². The van der Waals surface area contributed by atoms with Crippen LogP contribution in [0.1, 0.15) is 11.1 Å². The quantitative estimate of drug-likeness (QED) is 0.619. The molecule has 0 aromatic heterocycles. The zero-order valence-electron chi connectivity index (χ0n) is 17.5. The summed E-state index contributed by atoms with van der Waals surface area (Å²) in [5.74, 6) is -1.31. The molecule has 0 saturated heterocycles. The first kappa shape index (κ1) is 20.3. The fourth-order valence-electron chi connectivity index (χ4n) is 3.55. The zero-order chi connectivity index (χ0) is 22.1. The number of amides is 2. The molecule has 3 aromatic rings. The van der Waals surface area contributed by atoms with Crippen molar-refractivity contribution >= 4 is 34.4 Å². The van der Waals surface area contributed by atoms with Crippen LogP contribution in [0.4, 0.5) is 21.5 Å². The van der Waals surface area contributed by atoms with Crippen molar-refractivity contribution in [2.24, 2.45) is 0 Å². The van der Waals surface area contributed by atoms with Gasteiger partial charge in [-0.2, -0.15) is 0 Å². The predicted octanol–water partition coefficient (Wildman–Crippen LogP) is 4.60. The van der Waals surface area contributed by atoms with Crippen molar-refractivity contribution in [3.8, 4) is 0 Å². The van der Waals surface area contributed by atoms with Crippen molar-refractivity contribution in [1.29, 1.82) is 0 Å². The summed E-state index contributed by atoms with van der Waals surface area (Å²) in [5, 5.41) is 3.12. The molecule has 1 aliphatic heterocycles. The number of hydrogen-bond acceptors (Lipinski definition) is 4. The summed E-state index contributed by atoms with van der Waals surface area (Å²) in [6, 6.07) is 20.3. The lowest BCUT2D eigenvalue weighted by atomic mass is 10.0. The van der Waals surface area contributed by atoms with Crippen LogP contribution in [0, 0.1) is 12.7 Å². The van der Waals surface area contributed by atoms with Gasteiger partial charge in [-0.1, -0.05) is 30.3 Å². The number of anilines is 3. The molecule has 2 amide bonds. The summed E-state index contributed by atoms with van der Waals surface area (Å²) in [5.41, 5.74) is 3.86. The van der Waals surface area contributed by atoms with E-state index in [0.717, 1.165) is 11.3 Å². The Balaban J connectivity index is 1.79. The molecule has 31 heavy (non-hydrogen) atoms. The summed E-state index contributed by atoms with van der Waals surface area (Å²) >= 11 is 0. The third-order valence-electron chi connectivity index (χ3n) is 5.23. The largest absolute Gasteiger partial charge is 0.378 e. The van der Waals surface area contributed by atoms with Gasteiger partial charge in [-0.05, 0) is 60.5 Å². The van der Waals surface area contributed by atoms with Crippen LogP contribution in [-0.2, 0) is 9.59 Å². The van der Waals surface area contributed by atoms with Gasteiger partial charge in [-0.15, -0.1) is 0 Å². The summed E-state index contributed by atoms with van der Waals surface area (Å²) in [4.78, 5) is 29.9. The Labute approximate surface area is 180 Å². The third kappa shape index (κ3) is 3.80. The van der Waals surface area contributed by atoms with Crippen LogP contribution >= 0.6 is 0 Å². The van der Waals surface area contributed by atoms with E-state index in [4.69, 9.17) is 0 Å². The predicted molar refractivity (Wildman–Crippen MR) is 121 cm³/mol. The molecule has 0 fully saturated rings. The maximum absolute atomic E-state index is 13.5. The van der Waals surface area contributed by atoms with Crippen LogP contribution < -0.4 is 15.1 Å². The average molecular weight is 415 g/mol. The van der Waals surface area contributed by atoms with E-state index in [9.17, 15) is 14.0 Å². The average Bonchev–Trinajstić information content (AvgIpc) is 2.99. The molecule has 5 nitrogen and oxygen atoms in total. The van der Waals surface area contributed by atoms with Crippen molar-refractivity contribution < 1.29 is 14.0 Å². The van der Waals surface area contributed by atoms with E-state index in [0.29, 0.717) is 16.9 Å². The van der Waals surface area contributed by atoms with Gasteiger partial charge in [0, 0.05) is 25.5 Å². The van der Waals surface area contributed by atoms with Gasteiger partial charge in [-0.3, -0.25) is 9.59 Å². The van der Waals surface area contributed by atoms with E-state index in [2.05, 4.69) is 5.32 Å². The Morgan fingerprint density at radius 2 is 1.48 bits per heavy atom. The lowest BCUT2D eigenvalue weighted by Crippen LogP contribution is -2.33. The van der Waals surface area contributed by atoms with Gasteiger partial charge in [0.05, 0.1) is 11.3 Å². The fourth-order valence-corrected chi connectivity index (χ4v) is 3.55. The Bertz CT molecular complexity index is 1180. The second-order valence-electron chi connectivity index (χ2n) is 7.56. The second-order valence-corrected chi connectivity index (χ2v) is 7.56. The zero-order valence-corrected chi connectivity index (χ0v) is 17.5. The first-order valence-corrected chi connectivity index (χ1v) is 9.86. The number of carbonyl (C=O) groups excluding carboxylic acids is 2. The highest BCUT2D eigenvalue weighted by Gasteiger charge is 2.40. The van der Waals surface area contributed by atoms with E-state index in [-0.39, 0.29) is 11.3 Å². The minimum atomic E-state index is -0.449. The minimum Gasteiger partial charge on any atom is -0.378 e. The maximum atomic E-state index is 13.5. The van der Waals surface area contributed by atoms with Gasteiger partial charge in [0.2, 0.25) is 0 Å². The molecule has 0 saturated carbocycles. The Kier molecular flexibility index (Phi) is 5.29. The monoisotopic (exact) mass is 415 g/mol. The maximum Gasteiger partial charge on any atom is 0.282 e. The third-order valence-corrected chi connectivity index (χ3v) is 5.23. The first-order valence-electron chi connectivity index (χ1n) is 9.86. The molecule has 1 aliphatic rings. The van der Waals surface area contributed by atoms with Crippen molar-refractivity contribution in [3.63, 3.8) is 0 Å². The van der Waals surface area contributed by atoms with Crippen LogP contribution in [0.3, 0.4) is 0 Å². The summed E-state index contributed by atoms with van der Waals surface area (Å²) < 4.78 is 13.5. The normalized spacial score (nSPS) is 13.7. The van der Waals surface area contributed by atoms with Crippen molar-refractivity contribution in [3.05, 3.63) is 95.4 Å². The Hall–Kier alpha value is -3.93. The molecule has 4 rings (SSSR count). The van der Waals surface area contributed by atoms with Crippen LogP contribution in [0.15, 0.2) is 78.5 Å². The lowest BCUT2D eigenvalue weighted by Gasteiger charge is -2.18. The minimum absolute atomic E-state index is 0.164. The molecule has 0 atom stereocenters. The van der Waals surface area contributed by atoms with E-state index in [1.807, 2.05) is 62.3 Å². The summed E-state index contributed by atoms with van der Waals surface area (Å²) in [7, 11) is 3.88. The van der Waals surface area contributed by atoms with Gasteiger partial charge in [0.25, 0.3) is 11.8 Å². The second kappa shape index (κ2) is 8.07. The van der Waals surface area contributed by atoms with E-state index < -0.39 is 17.6 Å². The molecule has 0 aliphatic carbocycles. The number of benzene rings is 3. The molecule has 3 aromatic carbocycles. The van der Waals surface area contributed by atoms with Crippen molar-refractivity contribution in [2.75, 3.05) is 29.2 Å². The number of aryl methyl sites for hydroxylation is 1. The number of rotatable bonds is 5. The molecule has 0 unspecified atom stereocenters. The summed E-state index contributed by atoms with van der Waals surface area (Å²) in [6.07, 6.45) is 0.